The standard InChI is InChI=1S/C29H27FN4O2S/c1-18-6-7-19(2)23(17-18)32-26(35)14-16-34-28(27(33-29(34)37)22-5-3-4-15-31-22)25-13-12-24(36-25)20-8-10-21(30)11-9-20/h3-13,15,17,27-28H,14,16H2,1-2H3,(H,32,35)(H,33,37)/t27-,28+/m1/s1. The fourth-order valence-electron chi connectivity index (χ4n) is 4.54. The number of halogens is 1. The molecule has 4 aromatic rings. The average Bonchev–Trinajstić information content (AvgIpc) is 3.50. The number of anilines is 1. The Morgan fingerprint density at radius 3 is 2.68 bits per heavy atom. The number of hydrogen-bond donors (Lipinski definition) is 2. The normalized spacial score (nSPS) is 17.1. The van der Waals surface area contributed by atoms with E-state index in [0.717, 1.165) is 28.1 Å². The van der Waals surface area contributed by atoms with E-state index in [1.54, 1.807) is 18.3 Å². The van der Waals surface area contributed by atoms with Gasteiger partial charge in [0.15, 0.2) is 5.11 Å². The van der Waals surface area contributed by atoms with Crippen LogP contribution in [0.1, 0.15) is 41.1 Å². The highest BCUT2D eigenvalue weighted by Gasteiger charge is 2.41. The average molecular weight is 515 g/mol. The van der Waals surface area contributed by atoms with Gasteiger partial charge in [0.05, 0.1) is 11.7 Å². The summed E-state index contributed by atoms with van der Waals surface area (Å²) in [5.74, 6) is 0.904. The summed E-state index contributed by atoms with van der Waals surface area (Å²) >= 11 is 5.70. The highest BCUT2D eigenvalue weighted by Crippen LogP contribution is 2.40. The minimum Gasteiger partial charge on any atom is -0.459 e. The molecule has 2 aromatic heterocycles. The van der Waals surface area contributed by atoms with Crippen molar-refractivity contribution in [2.45, 2.75) is 32.4 Å². The van der Waals surface area contributed by atoms with Crippen molar-refractivity contribution in [3.63, 3.8) is 0 Å². The second kappa shape index (κ2) is 10.5. The van der Waals surface area contributed by atoms with Crippen molar-refractivity contribution in [1.29, 1.82) is 0 Å². The van der Waals surface area contributed by atoms with E-state index >= 15 is 0 Å². The molecule has 8 heteroatoms. The van der Waals surface area contributed by atoms with Crippen molar-refractivity contribution in [2.75, 3.05) is 11.9 Å². The van der Waals surface area contributed by atoms with Crippen LogP contribution in [0.3, 0.4) is 0 Å². The first kappa shape index (κ1) is 24.6. The van der Waals surface area contributed by atoms with Crippen LogP contribution >= 0.6 is 12.2 Å². The number of pyridine rings is 1. The van der Waals surface area contributed by atoms with Gasteiger partial charge >= 0.3 is 0 Å². The van der Waals surface area contributed by atoms with Gasteiger partial charge in [0, 0.05) is 30.4 Å². The Labute approximate surface area is 220 Å². The van der Waals surface area contributed by atoms with Crippen molar-refractivity contribution < 1.29 is 13.6 Å². The molecule has 188 valence electrons. The highest BCUT2D eigenvalue weighted by atomic mass is 32.1. The van der Waals surface area contributed by atoms with E-state index in [2.05, 4.69) is 15.6 Å². The lowest BCUT2D eigenvalue weighted by Crippen LogP contribution is -2.32. The molecule has 3 heterocycles. The van der Waals surface area contributed by atoms with E-state index in [9.17, 15) is 9.18 Å². The fourth-order valence-corrected chi connectivity index (χ4v) is 4.87. The third-order valence-electron chi connectivity index (χ3n) is 6.49. The van der Waals surface area contributed by atoms with Gasteiger partial charge in [0.25, 0.3) is 0 Å². The SMILES string of the molecule is Cc1ccc(C)c(NC(=O)CCN2C(=S)N[C@H](c3ccccn3)[C@@H]2c2ccc(-c3ccc(F)cc3)o2)c1. The molecule has 1 aliphatic rings. The van der Waals surface area contributed by atoms with E-state index in [4.69, 9.17) is 16.6 Å². The summed E-state index contributed by atoms with van der Waals surface area (Å²) in [6, 6.07) is 21.1. The first-order valence-corrected chi connectivity index (χ1v) is 12.5. The molecule has 2 aromatic carbocycles. The molecule has 0 radical (unpaired) electrons. The van der Waals surface area contributed by atoms with Crippen LogP contribution in [0.25, 0.3) is 11.3 Å². The molecule has 1 fully saturated rings. The number of hydrogen-bond acceptors (Lipinski definition) is 4. The summed E-state index contributed by atoms with van der Waals surface area (Å²) in [6.07, 6.45) is 1.98. The van der Waals surface area contributed by atoms with Crippen LogP contribution in [0.15, 0.2) is 83.4 Å². The zero-order valence-electron chi connectivity index (χ0n) is 20.6. The largest absolute Gasteiger partial charge is 0.459 e. The first-order valence-electron chi connectivity index (χ1n) is 12.1. The number of furan rings is 1. The van der Waals surface area contributed by atoms with Gasteiger partial charge in [-0.1, -0.05) is 18.2 Å². The molecule has 1 aliphatic heterocycles. The summed E-state index contributed by atoms with van der Waals surface area (Å²) in [5, 5.41) is 6.92. The number of nitrogens with one attached hydrogen (secondary N) is 2. The molecule has 0 spiro atoms. The zero-order chi connectivity index (χ0) is 25.9. The number of aromatic nitrogens is 1. The van der Waals surface area contributed by atoms with Gasteiger partial charge in [0.1, 0.15) is 23.4 Å². The highest BCUT2D eigenvalue weighted by molar-refractivity contribution is 7.80. The Bertz CT molecular complexity index is 1420. The van der Waals surface area contributed by atoms with Crippen LogP contribution in [-0.2, 0) is 4.79 Å². The van der Waals surface area contributed by atoms with Crippen LogP contribution < -0.4 is 10.6 Å². The summed E-state index contributed by atoms with van der Waals surface area (Å²) in [5.41, 5.74) is 4.49. The first-order chi connectivity index (χ1) is 17.9. The lowest BCUT2D eigenvalue weighted by molar-refractivity contribution is -0.116. The Kier molecular flexibility index (Phi) is 7.01. The molecule has 37 heavy (non-hydrogen) atoms. The number of aryl methyl sites for hydroxylation is 2. The molecule has 0 saturated carbocycles. The maximum absolute atomic E-state index is 13.4. The Morgan fingerprint density at radius 1 is 1.11 bits per heavy atom. The van der Waals surface area contributed by atoms with Crippen molar-refractivity contribution >= 4 is 28.9 Å². The smallest absolute Gasteiger partial charge is 0.226 e. The van der Waals surface area contributed by atoms with E-state index < -0.39 is 0 Å². The number of carbonyl (C=O) groups excluding carboxylic acids is 1. The Morgan fingerprint density at radius 2 is 1.92 bits per heavy atom. The van der Waals surface area contributed by atoms with Gasteiger partial charge in [0.2, 0.25) is 5.91 Å². The maximum atomic E-state index is 13.4. The van der Waals surface area contributed by atoms with Gasteiger partial charge in [-0.15, -0.1) is 0 Å². The summed E-state index contributed by atoms with van der Waals surface area (Å²) in [7, 11) is 0. The lowest BCUT2D eigenvalue weighted by atomic mass is 10.0. The molecule has 6 nitrogen and oxygen atoms in total. The van der Waals surface area contributed by atoms with Crippen LogP contribution in [-0.4, -0.2) is 27.4 Å². The molecule has 0 unspecified atom stereocenters. The molecule has 1 amide bonds. The summed E-state index contributed by atoms with van der Waals surface area (Å²) < 4.78 is 19.7. The second-order valence-electron chi connectivity index (χ2n) is 9.15. The van der Waals surface area contributed by atoms with E-state index in [1.165, 1.54) is 12.1 Å². The minimum absolute atomic E-state index is 0.0945. The van der Waals surface area contributed by atoms with Gasteiger partial charge in [-0.05, 0) is 91.8 Å². The predicted molar refractivity (Wildman–Crippen MR) is 145 cm³/mol. The number of thiocarbonyl (C=S) groups is 1. The van der Waals surface area contributed by atoms with Gasteiger partial charge < -0.3 is 20.0 Å². The number of nitrogens with zero attached hydrogens (tertiary/aromatic N) is 2. The van der Waals surface area contributed by atoms with Gasteiger partial charge in [-0.25, -0.2) is 4.39 Å². The number of carbonyl (C=O) groups is 1. The lowest BCUT2D eigenvalue weighted by Gasteiger charge is -2.26. The van der Waals surface area contributed by atoms with Crippen LogP contribution in [0.2, 0.25) is 0 Å². The number of amides is 1. The molecular formula is C29H27FN4O2S. The molecular weight excluding hydrogens is 487 g/mol. The van der Waals surface area contributed by atoms with Crippen molar-refractivity contribution in [3.05, 3.63) is 107 Å². The third kappa shape index (κ3) is 5.39. The van der Waals surface area contributed by atoms with E-state index in [0.29, 0.717) is 23.2 Å². The van der Waals surface area contributed by atoms with Crippen LogP contribution in [0.4, 0.5) is 10.1 Å². The van der Waals surface area contributed by atoms with Crippen molar-refractivity contribution in [2.24, 2.45) is 0 Å². The van der Waals surface area contributed by atoms with Crippen LogP contribution in [0, 0.1) is 19.7 Å². The molecule has 1 saturated heterocycles. The second-order valence-corrected chi connectivity index (χ2v) is 9.53. The summed E-state index contributed by atoms with van der Waals surface area (Å²) in [4.78, 5) is 19.4. The molecule has 0 aliphatic carbocycles. The Balaban J connectivity index is 1.39. The van der Waals surface area contributed by atoms with Crippen molar-refractivity contribution in [3.8, 4) is 11.3 Å². The number of rotatable bonds is 7. The molecule has 2 atom stereocenters. The monoisotopic (exact) mass is 514 g/mol. The van der Waals surface area contributed by atoms with E-state index in [1.807, 2.05) is 67.3 Å². The van der Waals surface area contributed by atoms with Crippen LogP contribution in [0.5, 0.6) is 0 Å². The third-order valence-corrected chi connectivity index (χ3v) is 6.84. The summed E-state index contributed by atoms with van der Waals surface area (Å²) in [6.45, 7) is 4.36. The van der Waals surface area contributed by atoms with Gasteiger partial charge in [-0.2, -0.15) is 0 Å². The van der Waals surface area contributed by atoms with Gasteiger partial charge in [-0.3, -0.25) is 9.78 Å². The van der Waals surface area contributed by atoms with Crippen molar-refractivity contribution in [1.82, 2.24) is 15.2 Å². The molecule has 5 rings (SSSR count). The minimum atomic E-state index is -0.315. The number of benzene rings is 2. The molecule has 0 bridgehead atoms. The maximum Gasteiger partial charge on any atom is 0.226 e. The fraction of sp³-hybridized carbons (Fsp3) is 0.207. The van der Waals surface area contributed by atoms with E-state index in [-0.39, 0.29) is 30.2 Å². The topological polar surface area (TPSA) is 70.4 Å². The molecule has 2 N–H and O–H groups in total. The quantitative estimate of drug-likeness (QED) is 0.291. The predicted octanol–water partition coefficient (Wildman–Crippen LogP) is 6.10. The Hall–Kier alpha value is -4.04. The zero-order valence-corrected chi connectivity index (χ0v) is 21.4.